The predicted octanol–water partition coefficient (Wildman–Crippen LogP) is 2.23. The lowest BCUT2D eigenvalue weighted by Crippen LogP contribution is -2.11. The summed E-state index contributed by atoms with van der Waals surface area (Å²) < 4.78 is 13.3. The third kappa shape index (κ3) is 1.89. The Balaban J connectivity index is 2.69. The van der Waals surface area contributed by atoms with Gasteiger partial charge in [-0.3, -0.25) is 0 Å². The Kier molecular flexibility index (Phi) is 2.51. The van der Waals surface area contributed by atoms with Gasteiger partial charge in [0.25, 0.3) is 0 Å². The van der Waals surface area contributed by atoms with Crippen molar-refractivity contribution in [3.63, 3.8) is 0 Å². The normalized spacial score (nSPS) is 10.3. The molecule has 0 aliphatic rings. The maximum absolute atomic E-state index is 13.3. The summed E-state index contributed by atoms with van der Waals surface area (Å²) >= 11 is 5.87. The average Bonchev–Trinajstić information content (AvgIpc) is 2.23. The van der Waals surface area contributed by atoms with Crippen molar-refractivity contribution in [3.8, 4) is 11.3 Å². The molecule has 0 saturated heterocycles. The van der Waals surface area contributed by atoms with E-state index in [2.05, 4.69) is 9.97 Å². The molecule has 0 unspecified atom stereocenters. The topological polar surface area (TPSA) is 45.8 Å². The number of benzene rings is 1. The molecular formula is C10H6ClFN2O. The number of halogens is 2. The van der Waals surface area contributed by atoms with Crippen LogP contribution in [0.3, 0.4) is 0 Å². The minimum absolute atomic E-state index is 0.0561. The maximum atomic E-state index is 13.3. The Morgan fingerprint density at radius 1 is 1.33 bits per heavy atom. The van der Waals surface area contributed by atoms with Crippen LogP contribution in [-0.2, 0) is 0 Å². The number of nitrogens with zero attached hydrogens (tertiary/aromatic N) is 1. The number of hydrogen-bond donors (Lipinski definition) is 1. The standard InChI is InChI=1S/C10H6ClFN2O/c11-7-4-2-1-3-6(7)9-8(12)5-13-10(15)14-9/h1-5H,(H,13,14,15). The Morgan fingerprint density at radius 3 is 2.80 bits per heavy atom. The molecule has 1 N–H and O–H groups in total. The molecule has 0 radical (unpaired) electrons. The first-order valence-corrected chi connectivity index (χ1v) is 4.56. The molecular weight excluding hydrogens is 219 g/mol. The van der Waals surface area contributed by atoms with Crippen molar-refractivity contribution in [3.05, 3.63) is 51.8 Å². The number of aromatic nitrogens is 2. The third-order valence-electron chi connectivity index (χ3n) is 1.91. The maximum Gasteiger partial charge on any atom is 0.345 e. The van der Waals surface area contributed by atoms with Gasteiger partial charge >= 0.3 is 5.69 Å². The van der Waals surface area contributed by atoms with E-state index in [1.165, 1.54) is 0 Å². The highest BCUT2D eigenvalue weighted by Crippen LogP contribution is 2.26. The third-order valence-corrected chi connectivity index (χ3v) is 2.24. The van der Waals surface area contributed by atoms with E-state index < -0.39 is 11.5 Å². The molecule has 0 aliphatic heterocycles. The smallest absolute Gasteiger partial charge is 0.303 e. The molecule has 0 bridgehead atoms. The summed E-state index contributed by atoms with van der Waals surface area (Å²) in [5.41, 5.74) is -0.108. The summed E-state index contributed by atoms with van der Waals surface area (Å²) in [4.78, 5) is 16.5. The Hall–Kier alpha value is -1.68. The summed E-state index contributed by atoms with van der Waals surface area (Å²) in [6.07, 6.45) is 0.873. The van der Waals surface area contributed by atoms with Gasteiger partial charge in [-0.05, 0) is 6.07 Å². The minimum atomic E-state index is -0.609. The zero-order chi connectivity index (χ0) is 10.8. The van der Waals surface area contributed by atoms with Crippen LogP contribution in [0.4, 0.5) is 4.39 Å². The molecule has 0 spiro atoms. The van der Waals surface area contributed by atoms with Gasteiger partial charge in [0.1, 0.15) is 0 Å². The van der Waals surface area contributed by atoms with Crippen molar-refractivity contribution in [1.29, 1.82) is 0 Å². The van der Waals surface area contributed by atoms with E-state index in [0.717, 1.165) is 6.20 Å². The van der Waals surface area contributed by atoms with Crippen molar-refractivity contribution in [2.24, 2.45) is 0 Å². The van der Waals surface area contributed by atoms with Crippen LogP contribution < -0.4 is 5.69 Å². The van der Waals surface area contributed by atoms with Crippen molar-refractivity contribution in [2.75, 3.05) is 0 Å². The summed E-state index contributed by atoms with van der Waals surface area (Å²) in [5, 5.41) is 0.373. The predicted molar refractivity (Wildman–Crippen MR) is 55.3 cm³/mol. The lowest BCUT2D eigenvalue weighted by molar-refractivity contribution is 0.615. The Labute approximate surface area is 89.6 Å². The Bertz CT molecular complexity index is 553. The SMILES string of the molecule is O=c1ncc(F)c(-c2ccccc2Cl)[nH]1. The first-order chi connectivity index (χ1) is 7.18. The number of H-pyrrole nitrogens is 1. The van der Waals surface area contributed by atoms with E-state index in [9.17, 15) is 9.18 Å². The van der Waals surface area contributed by atoms with Gasteiger partial charge in [0, 0.05) is 10.6 Å². The molecule has 0 saturated carbocycles. The molecule has 3 nitrogen and oxygen atoms in total. The molecule has 0 amide bonds. The van der Waals surface area contributed by atoms with Crippen LogP contribution >= 0.6 is 11.6 Å². The second-order valence-electron chi connectivity index (χ2n) is 2.89. The zero-order valence-corrected chi connectivity index (χ0v) is 8.25. The zero-order valence-electron chi connectivity index (χ0n) is 7.50. The fourth-order valence-corrected chi connectivity index (χ4v) is 1.47. The highest BCUT2D eigenvalue weighted by molar-refractivity contribution is 6.33. The number of aromatic amines is 1. The van der Waals surface area contributed by atoms with Crippen LogP contribution in [0.15, 0.2) is 35.3 Å². The molecule has 5 heteroatoms. The number of hydrogen-bond acceptors (Lipinski definition) is 2. The van der Waals surface area contributed by atoms with E-state index in [0.29, 0.717) is 10.6 Å². The van der Waals surface area contributed by atoms with E-state index in [1.807, 2.05) is 0 Å². The second-order valence-corrected chi connectivity index (χ2v) is 3.30. The van der Waals surface area contributed by atoms with Gasteiger partial charge in [0.2, 0.25) is 0 Å². The lowest BCUT2D eigenvalue weighted by Gasteiger charge is -2.03. The molecule has 0 fully saturated rings. The van der Waals surface area contributed by atoms with Crippen LogP contribution in [-0.4, -0.2) is 9.97 Å². The van der Waals surface area contributed by atoms with Crippen molar-refractivity contribution >= 4 is 11.6 Å². The van der Waals surface area contributed by atoms with E-state index in [1.54, 1.807) is 24.3 Å². The van der Waals surface area contributed by atoms with E-state index in [4.69, 9.17) is 11.6 Å². The van der Waals surface area contributed by atoms with Crippen molar-refractivity contribution in [2.45, 2.75) is 0 Å². The minimum Gasteiger partial charge on any atom is -0.303 e. The fraction of sp³-hybridized carbons (Fsp3) is 0. The first-order valence-electron chi connectivity index (χ1n) is 4.18. The first kappa shape index (κ1) is 9.86. The summed E-state index contributed by atoms with van der Waals surface area (Å²) in [7, 11) is 0. The Morgan fingerprint density at radius 2 is 2.07 bits per heavy atom. The van der Waals surface area contributed by atoms with Gasteiger partial charge in [0.15, 0.2) is 5.82 Å². The second kappa shape index (κ2) is 3.82. The van der Waals surface area contributed by atoms with Gasteiger partial charge in [-0.25, -0.2) is 9.18 Å². The fourth-order valence-electron chi connectivity index (χ4n) is 1.24. The molecule has 2 aromatic rings. The van der Waals surface area contributed by atoms with Gasteiger partial charge in [-0.2, -0.15) is 4.98 Å². The van der Waals surface area contributed by atoms with Crippen molar-refractivity contribution in [1.82, 2.24) is 9.97 Å². The lowest BCUT2D eigenvalue weighted by atomic mass is 10.1. The van der Waals surface area contributed by atoms with Crippen molar-refractivity contribution < 1.29 is 4.39 Å². The van der Waals surface area contributed by atoms with Crippen LogP contribution in [0, 0.1) is 5.82 Å². The molecule has 76 valence electrons. The molecule has 1 heterocycles. The van der Waals surface area contributed by atoms with Gasteiger partial charge < -0.3 is 4.98 Å². The van der Waals surface area contributed by atoms with Gasteiger partial charge in [0.05, 0.1) is 11.9 Å². The summed E-state index contributed by atoms with van der Waals surface area (Å²) in [6.45, 7) is 0. The molecule has 1 aromatic heterocycles. The number of rotatable bonds is 1. The average molecular weight is 225 g/mol. The largest absolute Gasteiger partial charge is 0.345 e. The van der Waals surface area contributed by atoms with E-state index >= 15 is 0 Å². The van der Waals surface area contributed by atoms with Gasteiger partial charge in [-0.1, -0.05) is 29.8 Å². The monoisotopic (exact) mass is 224 g/mol. The number of nitrogens with one attached hydrogen (secondary N) is 1. The quantitative estimate of drug-likeness (QED) is 0.808. The van der Waals surface area contributed by atoms with Gasteiger partial charge in [-0.15, -0.1) is 0 Å². The molecule has 15 heavy (non-hydrogen) atoms. The van der Waals surface area contributed by atoms with Crippen LogP contribution in [0.25, 0.3) is 11.3 Å². The highest BCUT2D eigenvalue weighted by atomic mass is 35.5. The molecule has 2 rings (SSSR count). The summed E-state index contributed by atoms with van der Waals surface area (Å²) in [6, 6.07) is 6.67. The molecule has 1 aromatic carbocycles. The van der Waals surface area contributed by atoms with Crippen LogP contribution in [0.2, 0.25) is 5.02 Å². The molecule has 0 aliphatic carbocycles. The summed E-state index contributed by atoms with van der Waals surface area (Å²) in [5.74, 6) is -0.609. The van der Waals surface area contributed by atoms with Crippen LogP contribution in [0.5, 0.6) is 0 Å². The van der Waals surface area contributed by atoms with E-state index in [-0.39, 0.29) is 5.69 Å². The molecule has 0 atom stereocenters. The van der Waals surface area contributed by atoms with Crippen LogP contribution in [0.1, 0.15) is 0 Å². The highest BCUT2D eigenvalue weighted by Gasteiger charge is 2.09.